The second kappa shape index (κ2) is 2.66. The van der Waals surface area contributed by atoms with E-state index in [1.165, 1.54) is 0 Å². The molecule has 2 atom stereocenters. The molecule has 0 aromatic carbocycles. The lowest BCUT2D eigenvalue weighted by Crippen LogP contribution is -2.01. The lowest BCUT2D eigenvalue weighted by molar-refractivity contribution is -0.144. The van der Waals surface area contributed by atoms with Gasteiger partial charge in [-0.3, -0.25) is 4.79 Å². The Morgan fingerprint density at radius 2 is 2.42 bits per heavy atom. The van der Waals surface area contributed by atoms with E-state index < -0.39 is 0 Å². The Morgan fingerprint density at radius 1 is 1.58 bits per heavy atom. The molecule has 3 heteroatoms. The second-order valence-corrected chi connectivity index (χ2v) is 3.08. The molecule has 0 bridgehead atoms. The summed E-state index contributed by atoms with van der Waals surface area (Å²) in [7, 11) is 0. The van der Waals surface area contributed by atoms with Gasteiger partial charge < -0.3 is 9.15 Å². The number of hydrogen-bond acceptors (Lipinski definition) is 3. The summed E-state index contributed by atoms with van der Waals surface area (Å²) in [5.41, 5.74) is 0. The molecule has 0 N–H and O–H groups in total. The van der Waals surface area contributed by atoms with Crippen LogP contribution in [0.2, 0.25) is 0 Å². The largest absolute Gasteiger partial charge is 0.465 e. The topological polar surface area (TPSA) is 39.4 Å². The lowest BCUT2D eigenvalue weighted by atomic mass is 10.1. The summed E-state index contributed by atoms with van der Waals surface area (Å²) in [6.07, 6.45) is 2.15. The zero-order valence-electron chi connectivity index (χ0n) is 6.82. The van der Waals surface area contributed by atoms with Crippen molar-refractivity contribution < 1.29 is 13.9 Å². The maximum absolute atomic E-state index is 11.0. The predicted molar refractivity (Wildman–Crippen MR) is 41.3 cm³/mol. The first kappa shape index (κ1) is 7.40. The second-order valence-electron chi connectivity index (χ2n) is 3.08. The molecule has 1 aliphatic heterocycles. The van der Waals surface area contributed by atoms with E-state index in [1.54, 1.807) is 12.3 Å². The molecule has 0 radical (unpaired) electrons. The van der Waals surface area contributed by atoms with Gasteiger partial charge in [-0.1, -0.05) is 6.92 Å². The van der Waals surface area contributed by atoms with Crippen LogP contribution in [0.1, 0.15) is 25.2 Å². The van der Waals surface area contributed by atoms with Crippen molar-refractivity contribution in [3.63, 3.8) is 0 Å². The first-order valence-electron chi connectivity index (χ1n) is 4.01. The Kier molecular flexibility index (Phi) is 1.64. The van der Waals surface area contributed by atoms with Crippen molar-refractivity contribution in [2.45, 2.75) is 19.4 Å². The molecule has 1 fully saturated rings. The third-order valence-corrected chi connectivity index (χ3v) is 2.09. The molecule has 12 heavy (non-hydrogen) atoms. The van der Waals surface area contributed by atoms with Crippen LogP contribution in [0.5, 0.6) is 0 Å². The minimum atomic E-state index is -0.164. The molecule has 3 nitrogen and oxygen atoms in total. The van der Waals surface area contributed by atoms with Crippen LogP contribution in [-0.2, 0) is 9.53 Å². The average molecular weight is 166 g/mol. The molecule has 2 rings (SSSR count). The van der Waals surface area contributed by atoms with Crippen LogP contribution in [0, 0.1) is 5.92 Å². The van der Waals surface area contributed by atoms with Crippen LogP contribution in [0.15, 0.2) is 22.8 Å². The highest BCUT2D eigenvalue weighted by Gasteiger charge is 2.33. The molecule has 1 aromatic heterocycles. The molecule has 2 unspecified atom stereocenters. The quantitative estimate of drug-likeness (QED) is 0.598. The van der Waals surface area contributed by atoms with Gasteiger partial charge >= 0.3 is 5.97 Å². The van der Waals surface area contributed by atoms with Crippen molar-refractivity contribution in [3.8, 4) is 0 Å². The Hall–Kier alpha value is -1.25. The summed E-state index contributed by atoms with van der Waals surface area (Å²) in [6, 6.07) is 3.63. The van der Waals surface area contributed by atoms with Gasteiger partial charge in [0.1, 0.15) is 5.76 Å². The average Bonchev–Trinajstić information content (AvgIpc) is 2.61. The lowest BCUT2D eigenvalue weighted by Gasteiger charge is -2.03. The number of hydrogen-bond donors (Lipinski definition) is 0. The van der Waals surface area contributed by atoms with Gasteiger partial charge in [-0.15, -0.1) is 0 Å². The predicted octanol–water partition coefficient (Wildman–Crippen LogP) is 1.90. The van der Waals surface area contributed by atoms with Crippen molar-refractivity contribution in [1.29, 1.82) is 0 Å². The highest BCUT2D eigenvalue weighted by Crippen LogP contribution is 2.32. The molecule has 1 aromatic rings. The summed E-state index contributed by atoms with van der Waals surface area (Å²) in [5, 5.41) is 0. The number of carbonyl (C=O) groups excluding carboxylic acids is 1. The van der Waals surface area contributed by atoms with Crippen LogP contribution < -0.4 is 0 Å². The molecular formula is C9H10O3. The van der Waals surface area contributed by atoms with Crippen LogP contribution in [-0.4, -0.2) is 5.97 Å². The Balaban J connectivity index is 2.14. The number of esters is 1. The van der Waals surface area contributed by atoms with Crippen molar-refractivity contribution in [2.24, 2.45) is 5.92 Å². The van der Waals surface area contributed by atoms with E-state index in [-0.39, 0.29) is 18.0 Å². The number of rotatable bonds is 1. The van der Waals surface area contributed by atoms with Gasteiger partial charge in [0.05, 0.1) is 12.2 Å². The molecular weight excluding hydrogens is 156 g/mol. The maximum atomic E-state index is 11.0. The van der Waals surface area contributed by atoms with Gasteiger partial charge in [0.2, 0.25) is 0 Å². The summed E-state index contributed by atoms with van der Waals surface area (Å²) in [5.74, 6) is 0.615. The third-order valence-electron chi connectivity index (χ3n) is 2.09. The van der Waals surface area contributed by atoms with Crippen LogP contribution in [0.4, 0.5) is 0 Å². The fourth-order valence-corrected chi connectivity index (χ4v) is 1.37. The normalized spacial score (nSPS) is 28.9. The summed E-state index contributed by atoms with van der Waals surface area (Å²) < 4.78 is 10.2. The van der Waals surface area contributed by atoms with Crippen LogP contribution in [0.25, 0.3) is 0 Å². The Labute approximate surface area is 70.3 Å². The zero-order valence-corrected chi connectivity index (χ0v) is 6.82. The first-order chi connectivity index (χ1) is 5.77. The number of cyclic esters (lactones) is 1. The molecule has 1 saturated heterocycles. The molecule has 0 spiro atoms. The number of carbonyl (C=O) groups is 1. The van der Waals surface area contributed by atoms with Gasteiger partial charge in [-0.25, -0.2) is 0 Å². The summed E-state index contributed by atoms with van der Waals surface area (Å²) in [4.78, 5) is 11.0. The van der Waals surface area contributed by atoms with E-state index in [0.29, 0.717) is 0 Å². The molecule has 0 saturated carbocycles. The first-order valence-corrected chi connectivity index (χ1v) is 4.01. The summed E-state index contributed by atoms with van der Waals surface area (Å²) in [6.45, 7) is 1.87. The molecule has 0 amide bonds. The fourth-order valence-electron chi connectivity index (χ4n) is 1.37. The van der Waals surface area contributed by atoms with Gasteiger partial charge in [-0.05, 0) is 12.1 Å². The van der Waals surface area contributed by atoms with E-state index in [9.17, 15) is 4.79 Å². The highest BCUT2D eigenvalue weighted by atomic mass is 16.6. The monoisotopic (exact) mass is 166 g/mol. The van der Waals surface area contributed by atoms with Gasteiger partial charge in [-0.2, -0.15) is 0 Å². The van der Waals surface area contributed by atoms with E-state index in [4.69, 9.17) is 9.15 Å². The Morgan fingerprint density at radius 3 is 2.92 bits per heavy atom. The van der Waals surface area contributed by atoms with E-state index in [0.717, 1.165) is 12.2 Å². The third kappa shape index (κ3) is 1.11. The maximum Gasteiger partial charge on any atom is 0.309 e. The molecule has 2 heterocycles. The SMILES string of the molecule is CC1CC(c2ccco2)OC1=O. The number of furan rings is 1. The van der Waals surface area contributed by atoms with Crippen LogP contribution >= 0.6 is 0 Å². The van der Waals surface area contributed by atoms with E-state index in [2.05, 4.69) is 0 Å². The minimum Gasteiger partial charge on any atom is -0.465 e. The van der Waals surface area contributed by atoms with Gasteiger partial charge in [0.25, 0.3) is 0 Å². The molecule has 0 aliphatic carbocycles. The number of ether oxygens (including phenoxy) is 1. The van der Waals surface area contributed by atoms with Crippen LogP contribution in [0.3, 0.4) is 0 Å². The van der Waals surface area contributed by atoms with E-state index >= 15 is 0 Å². The van der Waals surface area contributed by atoms with Crippen molar-refractivity contribution in [1.82, 2.24) is 0 Å². The smallest absolute Gasteiger partial charge is 0.309 e. The minimum absolute atomic E-state index is 0.0000926. The Bertz CT molecular complexity index is 276. The standard InChI is InChI=1S/C9H10O3/c1-6-5-8(12-9(6)10)7-3-2-4-11-7/h2-4,6,8H,5H2,1H3. The molecule has 64 valence electrons. The molecule has 1 aliphatic rings. The summed E-state index contributed by atoms with van der Waals surface area (Å²) >= 11 is 0. The fraction of sp³-hybridized carbons (Fsp3) is 0.444. The zero-order chi connectivity index (χ0) is 8.55. The highest BCUT2D eigenvalue weighted by molar-refractivity contribution is 5.74. The van der Waals surface area contributed by atoms with Crippen molar-refractivity contribution in [2.75, 3.05) is 0 Å². The van der Waals surface area contributed by atoms with Gasteiger partial charge in [0, 0.05) is 6.42 Å². The van der Waals surface area contributed by atoms with Gasteiger partial charge in [0.15, 0.2) is 6.10 Å². The van der Waals surface area contributed by atoms with Crippen molar-refractivity contribution >= 4 is 5.97 Å². The van der Waals surface area contributed by atoms with Crippen molar-refractivity contribution in [3.05, 3.63) is 24.2 Å². The van der Waals surface area contributed by atoms with E-state index in [1.807, 2.05) is 13.0 Å².